The summed E-state index contributed by atoms with van der Waals surface area (Å²) in [5, 5.41) is 13.1. The van der Waals surface area contributed by atoms with Crippen molar-refractivity contribution in [3.05, 3.63) is 90.8 Å². The predicted molar refractivity (Wildman–Crippen MR) is 139 cm³/mol. The maximum absolute atomic E-state index is 5.25. The van der Waals surface area contributed by atoms with Gasteiger partial charge >= 0.3 is 0 Å². The van der Waals surface area contributed by atoms with Gasteiger partial charge in [-0.25, -0.2) is 9.67 Å². The molecule has 9 nitrogen and oxygen atoms in total. The summed E-state index contributed by atoms with van der Waals surface area (Å²) in [4.78, 5) is 13.7. The number of nitrogens with zero attached hydrogens (tertiary/aromatic N) is 7. The van der Waals surface area contributed by atoms with E-state index >= 15 is 0 Å². The van der Waals surface area contributed by atoms with Crippen molar-refractivity contribution in [3.8, 4) is 17.0 Å². The molecule has 4 aromatic heterocycles. The summed E-state index contributed by atoms with van der Waals surface area (Å²) < 4.78 is 9.13. The Morgan fingerprint density at radius 2 is 1.81 bits per heavy atom. The minimum Gasteiger partial charge on any atom is -0.481 e. The summed E-state index contributed by atoms with van der Waals surface area (Å²) in [6.45, 7) is 0. The van der Waals surface area contributed by atoms with Gasteiger partial charge in [0.1, 0.15) is 0 Å². The van der Waals surface area contributed by atoms with Gasteiger partial charge in [-0.2, -0.15) is 0 Å². The average molecular weight is 477 g/mol. The molecule has 0 aliphatic rings. The highest BCUT2D eigenvalue weighted by atomic mass is 16.5. The number of hydrogen-bond donors (Lipinski definition) is 1. The highest BCUT2D eigenvalue weighted by Gasteiger charge is 2.20. The largest absolute Gasteiger partial charge is 0.481 e. The van der Waals surface area contributed by atoms with E-state index in [2.05, 4.69) is 78.7 Å². The van der Waals surface area contributed by atoms with Crippen LogP contribution >= 0.6 is 0 Å². The zero-order valence-electron chi connectivity index (χ0n) is 20.1. The van der Waals surface area contributed by atoms with E-state index in [-0.39, 0.29) is 6.04 Å². The Labute approximate surface area is 207 Å². The molecule has 0 saturated carbocycles. The monoisotopic (exact) mass is 476 g/mol. The minimum atomic E-state index is -0.249. The van der Waals surface area contributed by atoms with Crippen LogP contribution in [0.3, 0.4) is 0 Å². The van der Waals surface area contributed by atoms with Crippen LogP contribution in [0, 0.1) is 0 Å². The maximum Gasteiger partial charge on any atom is 0.212 e. The molecule has 0 fully saturated rings. The van der Waals surface area contributed by atoms with Crippen molar-refractivity contribution in [2.45, 2.75) is 6.04 Å². The van der Waals surface area contributed by atoms with E-state index in [0.29, 0.717) is 5.88 Å². The van der Waals surface area contributed by atoms with Crippen molar-refractivity contribution in [2.24, 2.45) is 14.1 Å². The predicted octanol–water partition coefficient (Wildman–Crippen LogP) is 4.52. The van der Waals surface area contributed by atoms with E-state index in [1.807, 2.05) is 25.2 Å². The molecule has 0 saturated heterocycles. The molecule has 2 aromatic carbocycles. The molecule has 4 heterocycles. The number of methoxy groups -OCH3 is 1. The SMILES string of the molecule is COc1ccc([C@H](Nc2cc(-c3ccc4ccn(C)c4c3)c3nccnc3c2)c2cnnn2C)cn1. The maximum atomic E-state index is 5.25. The van der Waals surface area contributed by atoms with Crippen LogP contribution in [0.1, 0.15) is 17.3 Å². The summed E-state index contributed by atoms with van der Waals surface area (Å²) in [6, 6.07) is 16.3. The van der Waals surface area contributed by atoms with Gasteiger partial charge in [0.2, 0.25) is 5.88 Å². The van der Waals surface area contributed by atoms with Crippen molar-refractivity contribution < 1.29 is 4.74 Å². The third-order valence-corrected chi connectivity index (χ3v) is 6.43. The van der Waals surface area contributed by atoms with Crippen LogP contribution in [0.15, 0.2) is 79.5 Å². The van der Waals surface area contributed by atoms with Gasteiger partial charge in [0.05, 0.1) is 36.1 Å². The fourth-order valence-corrected chi connectivity index (χ4v) is 4.55. The van der Waals surface area contributed by atoms with E-state index < -0.39 is 0 Å². The first-order chi connectivity index (χ1) is 17.6. The van der Waals surface area contributed by atoms with Crippen molar-refractivity contribution in [1.29, 1.82) is 0 Å². The minimum absolute atomic E-state index is 0.249. The third kappa shape index (κ3) is 3.80. The van der Waals surface area contributed by atoms with E-state index in [9.17, 15) is 0 Å². The van der Waals surface area contributed by atoms with E-state index in [1.54, 1.807) is 36.6 Å². The van der Waals surface area contributed by atoms with Crippen LogP contribution in [0.5, 0.6) is 5.88 Å². The van der Waals surface area contributed by atoms with E-state index in [4.69, 9.17) is 4.74 Å². The molecule has 0 spiro atoms. The van der Waals surface area contributed by atoms with Crippen LogP contribution in [-0.2, 0) is 14.1 Å². The van der Waals surface area contributed by atoms with Crippen LogP contribution in [0.2, 0.25) is 0 Å². The quantitative estimate of drug-likeness (QED) is 0.378. The molecule has 0 aliphatic carbocycles. The Morgan fingerprint density at radius 1 is 0.917 bits per heavy atom. The Hall–Kier alpha value is -4.79. The molecule has 0 unspecified atom stereocenters. The van der Waals surface area contributed by atoms with Crippen molar-refractivity contribution in [2.75, 3.05) is 12.4 Å². The summed E-state index contributed by atoms with van der Waals surface area (Å²) in [5.41, 5.74) is 7.63. The normalized spacial score (nSPS) is 12.2. The molecule has 178 valence electrons. The van der Waals surface area contributed by atoms with Gasteiger partial charge in [0.15, 0.2) is 0 Å². The summed E-state index contributed by atoms with van der Waals surface area (Å²) in [7, 11) is 5.53. The summed E-state index contributed by atoms with van der Waals surface area (Å²) >= 11 is 0. The molecule has 1 N–H and O–H groups in total. The lowest BCUT2D eigenvalue weighted by Gasteiger charge is -2.21. The lowest BCUT2D eigenvalue weighted by atomic mass is 10.0. The van der Waals surface area contributed by atoms with Crippen molar-refractivity contribution in [3.63, 3.8) is 0 Å². The van der Waals surface area contributed by atoms with Crippen molar-refractivity contribution in [1.82, 2.24) is 34.5 Å². The lowest BCUT2D eigenvalue weighted by Crippen LogP contribution is -2.16. The van der Waals surface area contributed by atoms with Crippen LogP contribution in [-0.4, -0.2) is 41.6 Å². The van der Waals surface area contributed by atoms with Gasteiger partial charge < -0.3 is 14.6 Å². The third-order valence-electron chi connectivity index (χ3n) is 6.43. The lowest BCUT2D eigenvalue weighted by molar-refractivity contribution is 0.397. The molecule has 0 bridgehead atoms. The average Bonchev–Trinajstić information content (AvgIpc) is 3.51. The van der Waals surface area contributed by atoms with Crippen LogP contribution in [0.4, 0.5) is 5.69 Å². The zero-order valence-corrected chi connectivity index (χ0v) is 20.1. The number of anilines is 1. The molecule has 0 aliphatic heterocycles. The summed E-state index contributed by atoms with van der Waals surface area (Å²) in [5.74, 6) is 0.556. The number of rotatable bonds is 6. The number of fused-ring (bicyclic) bond motifs is 2. The molecule has 6 aromatic rings. The molecule has 0 radical (unpaired) electrons. The van der Waals surface area contributed by atoms with Gasteiger partial charge in [-0.1, -0.05) is 17.3 Å². The van der Waals surface area contributed by atoms with Gasteiger partial charge in [0.25, 0.3) is 0 Å². The van der Waals surface area contributed by atoms with E-state index in [0.717, 1.165) is 44.6 Å². The molecule has 36 heavy (non-hydrogen) atoms. The first-order valence-corrected chi connectivity index (χ1v) is 11.5. The molecule has 9 heteroatoms. The standard InChI is InChI=1S/C27H24N8O/c1-34-11-8-17-4-5-18(12-23(17)34)21-13-20(14-22-27(21)29-10-9-28-22)32-26(24-16-31-33-35(24)2)19-6-7-25(36-3)30-15-19/h4-16,26,32H,1-3H3/t26-/m0/s1. The highest BCUT2D eigenvalue weighted by Crippen LogP contribution is 2.34. The second kappa shape index (κ2) is 8.77. The number of pyridine rings is 1. The smallest absolute Gasteiger partial charge is 0.212 e. The fraction of sp³-hybridized carbons (Fsp3) is 0.148. The fourth-order valence-electron chi connectivity index (χ4n) is 4.55. The Balaban J connectivity index is 1.48. The molecule has 6 rings (SSSR count). The first-order valence-electron chi connectivity index (χ1n) is 11.5. The van der Waals surface area contributed by atoms with Crippen LogP contribution in [0.25, 0.3) is 33.1 Å². The van der Waals surface area contributed by atoms with Gasteiger partial charge in [0, 0.05) is 61.7 Å². The zero-order chi connectivity index (χ0) is 24.6. The molecular formula is C27H24N8O. The van der Waals surface area contributed by atoms with E-state index in [1.165, 1.54) is 5.39 Å². The first kappa shape index (κ1) is 21.7. The molecule has 1 atom stereocenters. The van der Waals surface area contributed by atoms with Gasteiger partial charge in [-0.15, -0.1) is 5.10 Å². The van der Waals surface area contributed by atoms with Crippen LogP contribution < -0.4 is 10.1 Å². The number of aromatic nitrogens is 7. The van der Waals surface area contributed by atoms with Gasteiger partial charge in [-0.05, 0) is 46.8 Å². The number of benzene rings is 2. The Bertz CT molecular complexity index is 1690. The number of ether oxygens (including phenoxy) is 1. The van der Waals surface area contributed by atoms with Crippen molar-refractivity contribution >= 4 is 27.6 Å². The molecular weight excluding hydrogens is 452 g/mol. The molecule has 0 amide bonds. The summed E-state index contributed by atoms with van der Waals surface area (Å²) in [6.07, 6.45) is 9.07. The second-order valence-corrected chi connectivity index (χ2v) is 8.64. The number of nitrogens with one attached hydrogen (secondary N) is 1. The topological polar surface area (TPSA) is 95.6 Å². The number of aryl methyl sites for hydroxylation is 2. The Morgan fingerprint density at radius 3 is 2.58 bits per heavy atom. The van der Waals surface area contributed by atoms with Gasteiger partial charge in [-0.3, -0.25) is 9.97 Å². The number of hydrogen-bond acceptors (Lipinski definition) is 7. The second-order valence-electron chi connectivity index (χ2n) is 8.64. The Kier molecular flexibility index (Phi) is 5.29. The highest BCUT2D eigenvalue weighted by molar-refractivity contribution is 5.97.